The minimum Gasteiger partial charge on any atom is -0.478 e. The molecule has 0 aromatic carbocycles. The number of rotatable bonds is 5. The second-order valence-electron chi connectivity index (χ2n) is 3.05. The van der Waals surface area contributed by atoms with Crippen molar-refractivity contribution in [3.8, 4) is 6.07 Å². The van der Waals surface area contributed by atoms with Crippen molar-refractivity contribution < 1.29 is 19.4 Å². The van der Waals surface area contributed by atoms with Crippen LogP contribution in [0.5, 0.6) is 0 Å². The monoisotopic (exact) mass is 251 g/mol. The highest BCUT2D eigenvalue weighted by molar-refractivity contribution is 5.89. The molecule has 0 rings (SSSR count). The molecule has 0 unspecified atom stereocenters. The van der Waals surface area contributed by atoms with Crippen molar-refractivity contribution in [1.29, 1.82) is 5.26 Å². The average Bonchev–Trinajstić information content (AvgIpc) is 2.35. The van der Waals surface area contributed by atoms with Crippen molar-refractivity contribution in [2.45, 2.75) is 20.3 Å². The standard InChI is InChI=1S/C10H14O4.C3H3N/c1-4-14-10(13)8(3)6-5-7(2)9(11)12;1-2-3-4/h5H,3-4,6H2,1-2H3,(H,11,12);2H,1H2. The number of nitriles is 1. The van der Waals surface area contributed by atoms with Gasteiger partial charge in [0.1, 0.15) is 0 Å². The Morgan fingerprint density at radius 3 is 2.33 bits per heavy atom. The molecule has 0 atom stereocenters. The van der Waals surface area contributed by atoms with E-state index in [4.69, 9.17) is 10.4 Å². The van der Waals surface area contributed by atoms with Gasteiger partial charge in [-0.1, -0.05) is 19.2 Å². The maximum Gasteiger partial charge on any atom is 0.333 e. The fourth-order valence-corrected chi connectivity index (χ4v) is 0.680. The minimum atomic E-state index is -0.998. The summed E-state index contributed by atoms with van der Waals surface area (Å²) in [5, 5.41) is 16.0. The van der Waals surface area contributed by atoms with Crippen LogP contribution in [-0.2, 0) is 14.3 Å². The molecule has 0 saturated carbocycles. The van der Waals surface area contributed by atoms with Crippen molar-refractivity contribution >= 4 is 11.9 Å². The van der Waals surface area contributed by atoms with Crippen molar-refractivity contribution in [2.75, 3.05) is 6.61 Å². The lowest BCUT2D eigenvalue weighted by atomic mass is 10.1. The van der Waals surface area contributed by atoms with Crippen molar-refractivity contribution in [1.82, 2.24) is 0 Å². The van der Waals surface area contributed by atoms with Crippen LogP contribution in [0.4, 0.5) is 0 Å². The summed E-state index contributed by atoms with van der Waals surface area (Å²) in [7, 11) is 0. The highest BCUT2D eigenvalue weighted by atomic mass is 16.5. The molecule has 0 aliphatic rings. The third kappa shape index (κ3) is 10.2. The minimum absolute atomic E-state index is 0.190. The zero-order valence-electron chi connectivity index (χ0n) is 10.6. The van der Waals surface area contributed by atoms with Crippen LogP contribution in [0.1, 0.15) is 20.3 Å². The summed E-state index contributed by atoms with van der Waals surface area (Å²) >= 11 is 0. The van der Waals surface area contributed by atoms with Gasteiger partial charge in [0.05, 0.1) is 12.7 Å². The molecule has 5 nitrogen and oxygen atoms in total. The molecule has 0 aromatic heterocycles. The summed E-state index contributed by atoms with van der Waals surface area (Å²) in [5.41, 5.74) is 0.447. The van der Waals surface area contributed by atoms with Gasteiger partial charge in [-0.25, -0.2) is 9.59 Å². The van der Waals surface area contributed by atoms with E-state index in [1.165, 1.54) is 19.1 Å². The van der Waals surface area contributed by atoms with Gasteiger partial charge >= 0.3 is 11.9 Å². The number of carboxylic acids is 1. The van der Waals surface area contributed by atoms with Gasteiger partial charge in [-0.15, -0.1) is 0 Å². The Labute approximate surface area is 107 Å². The van der Waals surface area contributed by atoms with Crippen LogP contribution in [-0.4, -0.2) is 23.7 Å². The van der Waals surface area contributed by atoms with Crippen LogP contribution in [0.3, 0.4) is 0 Å². The normalized spacial score (nSPS) is 9.28. The fraction of sp³-hybridized carbons (Fsp3) is 0.308. The summed E-state index contributed by atoms with van der Waals surface area (Å²) in [4.78, 5) is 21.4. The number of nitrogens with zero attached hydrogens (tertiary/aromatic N) is 1. The van der Waals surface area contributed by atoms with Gasteiger partial charge in [0.2, 0.25) is 0 Å². The highest BCUT2D eigenvalue weighted by Crippen LogP contribution is 2.05. The van der Waals surface area contributed by atoms with E-state index in [9.17, 15) is 9.59 Å². The third-order valence-electron chi connectivity index (χ3n) is 1.65. The number of ether oxygens (including phenoxy) is 1. The van der Waals surface area contributed by atoms with E-state index in [0.29, 0.717) is 6.61 Å². The number of hydrogen-bond donors (Lipinski definition) is 1. The smallest absolute Gasteiger partial charge is 0.333 e. The molecule has 1 N–H and O–H groups in total. The number of esters is 1. The highest BCUT2D eigenvalue weighted by Gasteiger charge is 2.06. The lowest BCUT2D eigenvalue weighted by Crippen LogP contribution is -2.06. The Morgan fingerprint density at radius 1 is 1.50 bits per heavy atom. The molecule has 0 aliphatic carbocycles. The van der Waals surface area contributed by atoms with Crippen LogP contribution in [0.15, 0.2) is 36.5 Å². The zero-order valence-corrected chi connectivity index (χ0v) is 10.6. The van der Waals surface area contributed by atoms with Crippen LogP contribution in [0, 0.1) is 11.3 Å². The first-order valence-electron chi connectivity index (χ1n) is 5.16. The maximum atomic E-state index is 11.0. The number of carbonyl (C=O) groups is 2. The Morgan fingerprint density at radius 2 is 2.00 bits per heavy atom. The second kappa shape index (κ2) is 11.1. The van der Waals surface area contributed by atoms with Crippen LogP contribution in [0.2, 0.25) is 0 Å². The van der Waals surface area contributed by atoms with E-state index >= 15 is 0 Å². The molecule has 5 heteroatoms. The summed E-state index contributed by atoms with van der Waals surface area (Å²) in [6, 6.07) is 1.69. The van der Waals surface area contributed by atoms with Crippen LogP contribution >= 0.6 is 0 Å². The molecule has 0 heterocycles. The zero-order chi connectivity index (χ0) is 14.6. The van der Waals surface area contributed by atoms with Gasteiger partial charge in [0.25, 0.3) is 0 Å². The van der Waals surface area contributed by atoms with Gasteiger partial charge < -0.3 is 9.84 Å². The topological polar surface area (TPSA) is 87.4 Å². The summed E-state index contributed by atoms with van der Waals surface area (Å²) in [6.07, 6.45) is 2.82. The molecule has 0 spiro atoms. The summed E-state index contributed by atoms with van der Waals surface area (Å²) < 4.78 is 4.68. The van der Waals surface area contributed by atoms with Gasteiger partial charge in [0, 0.05) is 17.2 Å². The van der Waals surface area contributed by atoms with Gasteiger partial charge in [-0.05, 0) is 20.3 Å². The van der Waals surface area contributed by atoms with E-state index in [1.54, 1.807) is 13.0 Å². The first-order chi connectivity index (χ1) is 8.40. The van der Waals surface area contributed by atoms with E-state index in [1.807, 2.05) is 0 Å². The predicted octanol–water partition coefficient (Wildman–Crippen LogP) is 2.22. The molecule has 0 fully saturated rings. The Kier molecular flexibility index (Phi) is 11.2. The number of allylic oxidation sites excluding steroid dienone is 2. The lowest BCUT2D eigenvalue weighted by Gasteiger charge is -2.02. The van der Waals surface area contributed by atoms with Crippen LogP contribution < -0.4 is 0 Å². The molecule has 0 amide bonds. The van der Waals surface area contributed by atoms with Crippen molar-refractivity contribution in [2.24, 2.45) is 0 Å². The summed E-state index contributed by atoms with van der Waals surface area (Å²) in [5.74, 6) is -1.48. The Balaban J connectivity index is 0. The lowest BCUT2D eigenvalue weighted by molar-refractivity contribution is -0.138. The average molecular weight is 251 g/mol. The quantitative estimate of drug-likeness (QED) is 0.460. The molecule has 98 valence electrons. The molecule has 0 saturated heterocycles. The molecule has 0 bridgehead atoms. The Hall–Kier alpha value is -2.35. The van der Waals surface area contributed by atoms with Gasteiger partial charge in [-0.3, -0.25) is 0 Å². The molecular weight excluding hydrogens is 234 g/mol. The number of aliphatic carboxylic acids is 1. The molecular formula is C13H17NO4. The number of hydrogen-bond acceptors (Lipinski definition) is 4. The molecule has 0 radical (unpaired) electrons. The Bertz CT molecular complexity index is 388. The second-order valence-corrected chi connectivity index (χ2v) is 3.05. The first-order valence-corrected chi connectivity index (χ1v) is 5.16. The van der Waals surface area contributed by atoms with Crippen molar-refractivity contribution in [3.05, 3.63) is 36.5 Å². The number of carboxylic acid groups (broad SMARTS) is 1. The SMILES string of the molecule is C=C(CC=C(C)C(=O)O)C(=O)OCC.C=CC#N. The molecule has 18 heavy (non-hydrogen) atoms. The summed E-state index contributed by atoms with van der Waals surface area (Å²) in [6.45, 7) is 10.1. The predicted molar refractivity (Wildman–Crippen MR) is 67.6 cm³/mol. The third-order valence-corrected chi connectivity index (χ3v) is 1.65. The van der Waals surface area contributed by atoms with E-state index < -0.39 is 11.9 Å². The molecule has 0 aliphatic heterocycles. The molecule has 0 aromatic rings. The first kappa shape index (κ1) is 18.0. The van der Waals surface area contributed by atoms with E-state index in [-0.39, 0.29) is 17.6 Å². The van der Waals surface area contributed by atoms with E-state index in [2.05, 4.69) is 17.9 Å². The van der Waals surface area contributed by atoms with Crippen molar-refractivity contribution in [3.63, 3.8) is 0 Å². The van der Waals surface area contributed by atoms with Gasteiger partial charge in [0.15, 0.2) is 0 Å². The largest absolute Gasteiger partial charge is 0.478 e. The fourth-order valence-electron chi connectivity index (χ4n) is 0.680. The van der Waals surface area contributed by atoms with Crippen LogP contribution in [0.25, 0.3) is 0 Å². The number of carbonyl (C=O) groups excluding carboxylic acids is 1. The van der Waals surface area contributed by atoms with E-state index in [0.717, 1.165) is 0 Å². The maximum absolute atomic E-state index is 11.0. The van der Waals surface area contributed by atoms with Gasteiger partial charge in [-0.2, -0.15) is 5.26 Å².